The molecule has 0 saturated carbocycles. The maximum Gasteiger partial charge on any atom is 0.331 e. The number of carboxylic acids is 1. The van der Waals surface area contributed by atoms with Gasteiger partial charge in [-0.15, -0.1) is 0 Å². The molecule has 102 valence electrons. The van der Waals surface area contributed by atoms with E-state index in [1.807, 2.05) is 24.3 Å². The monoisotopic (exact) mass is 278 g/mol. The van der Waals surface area contributed by atoms with Gasteiger partial charge >= 0.3 is 5.97 Å². The summed E-state index contributed by atoms with van der Waals surface area (Å²) in [6, 6.07) is 7.46. The summed E-state index contributed by atoms with van der Waals surface area (Å²) >= 11 is 5.91. The van der Waals surface area contributed by atoms with Crippen LogP contribution in [0.4, 0.5) is 0 Å². The third-order valence-corrected chi connectivity index (χ3v) is 4.62. The second-order valence-electron chi connectivity index (χ2n) is 5.91. The number of aliphatic carboxylic acids is 1. The Morgan fingerprint density at radius 3 is 2.42 bits per heavy atom. The fourth-order valence-electron chi connectivity index (χ4n) is 2.73. The Bertz CT molecular complexity index is 526. The van der Waals surface area contributed by atoms with Crippen LogP contribution in [0.15, 0.2) is 29.8 Å². The summed E-state index contributed by atoms with van der Waals surface area (Å²) in [6.07, 6.45) is 1.54. The lowest BCUT2D eigenvalue weighted by molar-refractivity contribution is -0.133. The summed E-state index contributed by atoms with van der Waals surface area (Å²) in [5, 5.41) is 10.1. The third kappa shape index (κ3) is 2.69. The first kappa shape index (κ1) is 14.1. The van der Waals surface area contributed by atoms with Crippen molar-refractivity contribution in [3.8, 4) is 0 Å². The zero-order valence-electron chi connectivity index (χ0n) is 11.5. The summed E-state index contributed by atoms with van der Waals surface area (Å²) in [7, 11) is 0. The van der Waals surface area contributed by atoms with Gasteiger partial charge in [0.25, 0.3) is 0 Å². The standard InChI is InChI=1S/C16H19ClO2/c1-10-14(11-4-6-12(17)7-5-11)13(15(18)19)8-9-16(10,2)3/h4-7,10H,8-9H2,1-3H3,(H,18,19). The van der Waals surface area contributed by atoms with E-state index in [1.165, 1.54) is 0 Å². The average Bonchev–Trinajstić information content (AvgIpc) is 2.33. The van der Waals surface area contributed by atoms with E-state index in [0.29, 0.717) is 17.0 Å². The third-order valence-electron chi connectivity index (χ3n) is 4.36. The van der Waals surface area contributed by atoms with E-state index < -0.39 is 5.97 Å². The van der Waals surface area contributed by atoms with Crippen molar-refractivity contribution >= 4 is 23.1 Å². The van der Waals surface area contributed by atoms with Crippen LogP contribution in [0.25, 0.3) is 5.57 Å². The van der Waals surface area contributed by atoms with Crippen LogP contribution in [0.5, 0.6) is 0 Å². The number of allylic oxidation sites excluding steroid dienone is 1. The molecule has 19 heavy (non-hydrogen) atoms. The first-order valence-corrected chi connectivity index (χ1v) is 6.93. The number of carboxylic acid groups (broad SMARTS) is 1. The van der Waals surface area contributed by atoms with Gasteiger partial charge in [0.05, 0.1) is 0 Å². The zero-order chi connectivity index (χ0) is 14.2. The van der Waals surface area contributed by atoms with Gasteiger partial charge in [0.15, 0.2) is 0 Å². The minimum atomic E-state index is -0.799. The topological polar surface area (TPSA) is 37.3 Å². The van der Waals surface area contributed by atoms with Crippen LogP contribution in [-0.2, 0) is 4.79 Å². The fourth-order valence-corrected chi connectivity index (χ4v) is 2.85. The van der Waals surface area contributed by atoms with Gasteiger partial charge in [0, 0.05) is 10.6 Å². The maximum atomic E-state index is 11.5. The van der Waals surface area contributed by atoms with E-state index in [2.05, 4.69) is 20.8 Å². The Morgan fingerprint density at radius 1 is 1.32 bits per heavy atom. The Labute approximate surface area is 119 Å². The minimum Gasteiger partial charge on any atom is -0.478 e. The van der Waals surface area contributed by atoms with E-state index in [1.54, 1.807) is 0 Å². The molecule has 1 aliphatic rings. The molecular weight excluding hydrogens is 260 g/mol. The van der Waals surface area contributed by atoms with E-state index in [-0.39, 0.29) is 11.3 Å². The van der Waals surface area contributed by atoms with Gasteiger partial charge < -0.3 is 5.11 Å². The molecule has 2 nitrogen and oxygen atoms in total. The molecule has 1 unspecified atom stereocenters. The molecule has 1 atom stereocenters. The molecule has 0 radical (unpaired) electrons. The van der Waals surface area contributed by atoms with Gasteiger partial charge in [-0.1, -0.05) is 44.5 Å². The largest absolute Gasteiger partial charge is 0.478 e. The van der Waals surface area contributed by atoms with Crippen LogP contribution in [0.1, 0.15) is 39.2 Å². The molecule has 1 aromatic carbocycles. The van der Waals surface area contributed by atoms with E-state index in [4.69, 9.17) is 11.6 Å². The highest BCUT2D eigenvalue weighted by molar-refractivity contribution is 6.30. The second-order valence-corrected chi connectivity index (χ2v) is 6.35. The van der Waals surface area contributed by atoms with Crippen LogP contribution < -0.4 is 0 Å². The number of hydrogen-bond acceptors (Lipinski definition) is 1. The highest BCUT2D eigenvalue weighted by Crippen LogP contribution is 2.47. The van der Waals surface area contributed by atoms with Crippen molar-refractivity contribution in [3.05, 3.63) is 40.4 Å². The number of benzene rings is 1. The number of hydrogen-bond donors (Lipinski definition) is 1. The van der Waals surface area contributed by atoms with E-state index in [9.17, 15) is 9.90 Å². The molecule has 1 aromatic rings. The Hall–Kier alpha value is -1.28. The lowest BCUT2D eigenvalue weighted by Gasteiger charge is -2.39. The molecule has 3 heteroatoms. The molecule has 0 bridgehead atoms. The summed E-state index contributed by atoms with van der Waals surface area (Å²) in [5.74, 6) is -0.583. The molecule has 0 spiro atoms. The lowest BCUT2D eigenvalue weighted by Crippen LogP contribution is -2.29. The molecular formula is C16H19ClO2. The Balaban J connectivity index is 2.57. The predicted molar refractivity (Wildman–Crippen MR) is 78.2 cm³/mol. The second kappa shape index (κ2) is 5.01. The smallest absolute Gasteiger partial charge is 0.331 e. The van der Waals surface area contributed by atoms with Gasteiger partial charge in [-0.2, -0.15) is 0 Å². The first-order valence-electron chi connectivity index (χ1n) is 6.55. The number of carbonyl (C=O) groups is 1. The van der Waals surface area contributed by atoms with Crippen LogP contribution in [0.3, 0.4) is 0 Å². The molecule has 0 amide bonds. The SMILES string of the molecule is CC1C(c2ccc(Cl)cc2)=C(C(=O)O)CCC1(C)C. The predicted octanol–water partition coefficient (Wildman–Crippen LogP) is 4.63. The molecule has 0 aliphatic heterocycles. The minimum absolute atomic E-state index is 0.119. The molecule has 0 aromatic heterocycles. The Kier molecular flexibility index (Phi) is 3.73. The Morgan fingerprint density at radius 2 is 1.89 bits per heavy atom. The van der Waals surface area contributed by atoms with Crippen molar-refractivity contribution in [1.29, 1.82) is 0 Å². The lowest BCUT2D eigenvalue weighted by atomic mass is 9.65. The quantitative estimate of drug-likeness (QED) is 0.856. The van der Waals surface area contributed by atoms with Gasteiger partial charge in [-0.3, -0.25) is 0 Å². The number of halogens is 1. The van der Waals surface area contributed by atoms with Crippen molar-refractivity contribution < 1.29 is 9.90 Å². The normalized spacial score (nSPS) is 22.4. The van der Waals surface area contributed by atoms with E-state index in [0.717, 1.165) is 17.6 Å². The van der Waals surface area contributed by atoms with Crippen LogP contribution in [0.2, 0.25) is 5.02 Å². The fraction of sp³-hybridized carbons (Fsp3) is 0.438. The van der Waals surface area contributed by atoms with Crippen LogP contribution >= 0.6 is 11.6 Å². The first-order chi connectivity index (χ1) is 8.83. The van der Waals surface area contributed by atoms with Gasteiger partial charge in [-0.25, -0.2) is 4.79 Å². The molecule has 2 rings (SSSR count). The molecule has 0 fully saturated rings. The summed E-state index contributed by atoms with van der Waals surface area (Å²) in [4.78, 5) is 11.5. The maximum absolute atomic E-state index is 11.5. The average molecular weight is 279 g/mol. The molecule has 0 saturated heterocycles. The summed E-state index contributed by atoms with van der Waals surface area (Å²) < 4.78 is 0. The molecule has 1 aliphatic carbocycles. The zero-order valence-corrected chi connectivity index (χ0v) is 12.3. The summed E-state index contributed by atoms with van der Waals surface area (Å²) in [5.41, 5.74) is 2.60. The van der Waals surface area contributed by atoms with Crippen molar-refractivity contribution in [2.45, 2.75) is 33.6 Å². The van der Waals surface area contributed by atoms with Gasteiger partial charge in [-0.05, 0) is 47.4 Å². The molecule has 1 N–H and O–H groups in total. The highest BCUT2D eigenvalue weighted by atomic mass is 35.5. The van der Waals surface area contributed by atoms with Gasteiger partial charge in [0.2, 0.25) is 0 Å². The summed E-state index contributed by atoms with van der Waals surface area (Å²) in [6.45, 7) is 6.52. The van der Waals surface area contributed by atoms with Crippen LogP contribution in [-0.4, -0.2) is 11.1 Å². The van der Waals surface area contributed by atoms with E-state index >= 15 is 0 Å². The highest BCUT2D eigenvalue weighted by Gasteiger charge is 2.36. The molecule has 0 heterocycles. The van der Waals surface area contributed by atoms with Gasteiger partial charge in [0.1, 0.15) is 0 Å². The van der Waals surface area contributed by atoms with Crippen molar-refractivity contribution in [2.75, 3.05) is 0 Å². The van der Waals surface area contributed by atoms with Crippen molar-refractivity contribution in [3.63, 3.8) is 0 Å². The van der Waals surface area contributed by atoms with Crippen LogP contribution in [0, 0.1) is 11.3 Å². The van der Waals surface area contributed by atoms with Crippen molar-refractivity contribution in [1.82, 2.24) is 0 Å². The van der Waals surface area contributed by atoms with Crippen molar-refractivity contribution in [2.24, 2.45) is 11.3 Å². The number of rotatable bonds is 2.